The molecule has 0 aromatic heterocycles. The average Bonchev–Trinajstić information content (AvgIpc) is 3.55. The lowest BCUT2D eigenvalue weighted by atomic mass is 9.63. The third kappa shape index (κ3) is 4.47. The van der Waals surface area contributed by atoms with Crippen LogP contribution in [0.25, 0.3) is 33.0 Å². The van der Waals surface area contributed by atoms with Crippen LogP contribution in [-0.2, 0) is 10.8 Å². The fourth-order valence-corrected chi connectivity index (χ4v) is 9.82. The Morgan fingerprint density at radius 3 is 1.47 bits per heavy atom. The predicted octanol–water partition coefficient (Wildman–Crippen LogP) is 13.4. The Labute approximate surface area is 321 Å². The molecule has 1 heterocycles. The highest BCUT2D eigenvalue weighted by molar-refractivity contribution is 5.96. The van der Waals surface area contributed by atoms with Crippen molar-refractivity contribution in [3.63, 3.8) is 0 Å². The largest absolute Gasteiger partial charge is 0.456 e. The Hall–Kier alpha value is -6.96. The lowest BCUT2D eigenvalue weighted by Gasteiger charge is -2.42. The van der Waals surface area contributed by atoms with Gasteiger partial charge in [0.1, 0.15) is 11.5 Å². The van der Waals surface area contributed by atoms with E-state index < -0.39 is 10.8 Å². The molecule has 9 aromatic rings. The summed E-state index contributed by atoms with van der Waals surface area (Å²) in [7, 11) is 0. The molecule has 1 nitrogen and oxygen atoms in total. The van der Waals surface area contributed by atoms with E-state index in [1.54, 1.807) is 0 Å². The van der Waals surface area contributed by atoms with Gasteiger partial charge in [0.25, 0.3) is 0 Å². The van der Waals surface area contributed by atoms with E-state index in [0.29, 0.717) is 0 Å². The normalized spacial score (nSPS) is 16.0. The van der Waals surface area contributed by atoms with Crippen LogP contribution in [0.5, 0.6) is 11.5 Å². The fraction of sp³-hybridized carbons (Fsp3) is 0.0370. The van der Waals surface area contributed by atoms with Crippen LogP contribution in [0.3, 0.4) is 0 Å². The number of rotatable bonds is 5. The van der Waals surface area contributed by atoms with E-state index in [4.69, 9.17) is 4.74 Å². The highest BCUT2D eigenvalue weighted by Crippen LogP contribution is 2.59. The number of para-hydroxylation sites is 2. The second kappa shape index (κ2) is 12.3. The zero-order valence-corrected chi connectivity index (χ0v) is 30.2. The predicted molar refractivity (Wildman–Crippen MR) is 225 cm³/mol. The van der Waals surface area contributed by atoms with E-state index in [-0.39, 0.29) is 0 Å². The molecule has 11 rings (SSSR count). The number of hydrogen-bond acceptors (Lipinski definition) is 1. The van der Waals surface area contributed by atoms with Gasteiger partial charge in [-0.1, -0.05) is 194 Å². The van der Waals surface area contributed by atoms with Gasteiger partial charge in [-0.05, 0) is 85.1 Å². The van der Waals surface area contributed by atoms with Gasteiger partial charge in [0.2, 0.25) is 0 Å². The van der Waals surface area contributed by atoms with Gasteiger partial charge in [0.05, 0.1) is 10.8 Å². The Bertz CT molecular complexity index is 2850. The van der Waals surface area contributed by atoms with Crippen molar-refractivity contribution in [2.45, 2.75) is 10.8 Å². The molecule has 0 saturated carbocycles. The Morgan fingerprint density at radius 2 is 0.782 bits per heavy atom. The van der Waals surface area contributed by atoms with Crippen molar-refractivity contribution in [2.75, 3.05) is 0 Å². The van der Waals surface area contributed by atoms with E-state index in [1.807, 2.05) is 0 Å². The molecule has 1 aliphatic carbocycles. The number of ether oxygens (including phenoxy) is 1. The molecule has 1 atom stereocenters. The summed E-state index contributed by atoms with van der Waals surface area (Å²) in [6.45, 7) is 0. The molecule has 0 amide bonds. The molecule has 9 aromatic carbocycles. The van der Waals surface area contributed by atoms with Gasteiger partial charge < -0.3 is 4.74 Å². The van der Waals surface area contributed by atoms with E-state index in [0.717, 1.165) is 33.8 Å². The van der Waals surface area contributed by atoms with Crippen molar-refractivity contribution >= 4 is 10.8 Å². The lowest BCUT2D eigenvalue weighted by Crippen LogP contribution is -2.34. The topological polar surface area (TPSA) is 9.23 Å². The third-order valence-corrected chi connectivity index (χ3v) is 12.1. The van der Waals surface area contributed by atoms with Crippen LogP contribution >= 0.6 is 0 Å². The first kappa shape index (κ1) is 31.6. The van der Waals surface area contributed by atoms with Crippen LogP contribution in [0, 0.1) is 0 Å². The molecule has 1 heteroatoms. The molecule has 1 aliphatic heterocycles. The molecule has 2 aliphatic rings. The van der Waals surface area contributed by atoms with Crippen LogP contribution in [-0.4, -0.2) is 0 Å². The van der Waals surface area contributed by atoms with Gasteiger partial charge in [-0.25, -0.2) is 0 Å². The Morgan fingerprint density at radius 1 is 0.291 bits per heavy atom. The quantitative estimate of drug-likeness (QED) is 0.174. The third-order valence-electron chi connectivity index (χ3n) is 12.1. The molecule has 0 fully saturated rings. The van der Waals surface area contributed by atoms with E-state index in [2.05, 4.69) is 218 Å². The standard InChI is InChI=1S/C54H36O/c1-4-21-40(22-5-1)53(41-23-6-2-7-24-41)48-31-14-15-33-51(48)55-52-44(29-17-32-49(52)53)39-20-16-27-43(34-39)54(42-25-8-3-9-26-42)47-30-13-12-28-45(47)46-35-37-18-10-11-19-38(37)36-50(46)54/h1-36H. The van der Waals surface area contributed by atoms with Crippen molar-refractivity contribution in [3.8, 4) is 33.8 Å². The molecule has 258 valence electrons. The second-order valence-electron chi connectivity index (χ2n) is 14.7. The summed E-state index contributed by atoms with van der Waals surface area (Å²) < 4.78 is 7.10. The van der Waals surface area contributed by atoms with Crippen molar-refractivity contribution in [1.82, 2.24) is 0 Å². The first-order chi connectivity index (χ1) is 27.3. The van der Waals surface area contributed by atoms with Crippen molar-refractivity contribution in [1.29, 1.82) is 0 Å². The molecule has 0 bridgehead atoms. The van der Waals surface area contributed by atoms with Crippen molar-refractivity contribution < 1.29 is 4.74 Å². The molecular weight excluding hydrogens is 665 g/mol. The minimum Gasteiger partial charge on any atom is -0.456 e. The summed E-state index contributed by atoms with van der Waals surface area (Å²) in [5, 5.41) is 2.50. The minimum atomic E-state index is -0.587. The lowest BCUT2D eigenvalue weighted by molar-refractivity contribution is 0.436. The van der Waals surface area contributed by atoms with Crippen molar-refractivity contribution in [3.05, 3.63) is 263 Å². The summed E-state index contributed by atoms with van der Waals surface area (Å²) in [4.78, 5) is 0. The molecule has 55 heavy (non-hydrogen) atoms. The van der Waals surface area contributed by atoms with E-state index in [9.17, 15) is 0 Å². The SMILES string of the molecule is c1ccc(C2(c3cccc(-c4cccc5c4Oc4ccccc4C5(c4ccccc4)c4ccccc4)c3)c3ccccc3-c3cc4ccccc4cc32)cc1. The number of benzene rings is 9. The zero-order valence-electron chi connectivity index (χ0n) is 30.2. The second-order valence-corrected chi connectivity index (χ2v) is 14.7. The summed E-state index contributed by atoms with van der Waals surface area (Å²) in [5.41, 5.74) is 13.4. The monoisotopic (exact) mass is 700 g/mol. The maximum Gasteiger partial charge on any atom is 0.140 e. The Balaban J connectivity index is 1.19. The van der Waals surface area contributed by atoms with Crippen LogP contribution in [0.15, 0.2) is 218 Å². The van der Waals surface area contributed by atoms with Crippen LogP contribution in [0.4, 0.5) is 0 Å². The summed E-state index contributed by atoms with van der Waals surface area (Å²) in [6, 6.07) is 79.9. The Kier molecular flexibility index (Phi) is 7.06. The minimum absolute atomic E-state index is 0.534. The van der Waals surface area contributed by atoms with E-state index in [1.165, 1.54) is 55.3 Å². The summed E-state index contributed by atoms with van der Waals surface area (Å²) in [5.74, 6) is 1.76. The van der Waals surface area contributed by atoms with Gasteiger partial charge in [0, 0.05) is 16.7 Å². The smallest absolute Gasteiger partial charge is 0.140 e. The molecule has 0 spiro atoms. The zero-order chi connectivity index (χ0) is 36.4. The van der Waals surface area contributed by atoms with Gasteiger partial charge in [-0.2, -0.15) is 0 Å². The fourth-order valence-electron chi connectivity index (χ4n) is 9.82. The number of fused-ring (bicyclic) bond motifs is 6. The molecule has 0 radical (unpaired) electrons. The summed E-state index contributed by atoms with van der Waals surface area (Å²) >= 11 is 0. The average molecular weight is 701 g/mol. The van der Waals surface area contributed by atoms with Gasteiger partial charge in [-0.15, -0.1) is 0 Å². The van der Waals surface area contributed by atoms with Gasteiger partial charge in [0.15, 0.2) is 0 Å². The summed E-state index contributed by atoms with van der Waals surface area (Å²) in [6.07, 6.45) is 0. The molecule has 0 N–H and O–H groups in total. The van der Waals surface area contributed by atoms with Crippen LogP contribution in [0.1, 0.15) is 44.5 Å². The molecular formula is C54H36O. The molecule has 0 saturated heterocycles. The highest BCUT2D eigenvalue weighted by Gasteiger charge is 2.48. The van der Waals surface area contributed by atoms with Crippen LogP contribution < -0.4 is 4.74 Å². The first-order valence-electron chi connectivity index (χ1n) is 19.1. The van der Waals surface area contributed by atoms with Crippen LogP contribution in [0.2, 0.25) is 0 Å². The maximum atomic E-state index is 7.10. The van der Waals surface area contributed by atoms with Gasteiger partial charge >= 0.3 is 0 Å². The number of hydrogen-bond donors (Lipinski definition) is 0. The highest BCUT2D eigenvalue weighted by atomic mass is 16.5. The van der Waals surface area contributed by atoms with Crippen molar-refractivity contribution in [2.24, 2.45) is 0 Å². The first-order valence-corrected chi connectivity index (χ1v) is 19.1. The maximum absolute atomic E-state index is 7.10. The molecule has 1 unspecified atom stereocenters. The van der Waals surface area contributed by atoms with Gasteiger partial charge in [-0.3, -0.25) is 0 Å². The van der Waals surface area contributed by atoms with E-state index >= 15 is 0 Å².